The van der Waals surface area contributed by atoms with Crippen LogP contribution in [0.1, 0.15) is 16.2 Å². The van der Waals surface area contributed by atoms with Crippen molar-refractivity contribution in [2.24, 2.45) is 0 Å². The van der Waals surface area contributed by atoms with Crippen LogP contribution in [0, 0.1) is 11.3 Å². The van der Waals surface area contributed by atoms with Crippen LogP contribution in [0.25, 0.3) is 0 Å². The maximum absolute atomic E-state index is 13.0. The van der Waals surface area contributed by atoms with Crippen LogP contribution in [-0.4, -0.2) is 11.7 Å². The molecule has 0 saturated carbocycles. The highest BCUT2D eigenvalue weighted by atomic mass is 32.1. The van der Waals surface area contributed by atoms with Gasteiger partial charge >= 0.3 is 0 Å². The number of nitrogens with zero attached hydrogens (tertiary/aromatic N) is 1. The van der Waals surface area contributed by atoms with E-state index in [0.29, 0.717) is 0 Å². The van der Waals surface area contributed by atoms with E-state index in [1.54, 1.807) is 6.07 Å². The van der Waals surface area contributed by atoms with Gasteiger partial charge in [-0.15, -0.1) is 11.3 Å². The second-order valence-electron chi connectivity index (χ2n) is 2.45. The Morgan fingerprint density at radius 3 is 2.69 bits per heavy atom. The molecule has 1 aromatic heterocycles. The highest BCUT2D eigenvalue weighted by Crippen LogP contribution is 2.35. The molecule has 0 amide bonds. The summed E-state index contributed by atoms with van der Waals surface area (Å²) in [7, 11) is 0. The van der Waals surface area contributed by atoms with Gasteiger partial charge in [0.05, 0.1) is 4.88 Å². The molecule has 0 aliphatic heterocycles. The maximum Gasteiger partial charge on any atom is 0.284 e. The van der Waals surface area contributed by atoms with Crippen LogP contribution in [0.2, 0.25) is 0 Å². The van der Waals surface area contributed by atoms with E-state index in [2.05, 4.69) is 0 Å². The molecule has 1 rings (SSSR count). The fourth-order valence-electron chi connectivity index (χ4n) is 0.858. The van der Waals surface area contributed by atoms with Gasteiger partial charge in [-0.2, -0.15) is 5.26 Å². The Bertz CT molecular complexity index is 329. The Morgan fingerprint density at radius 1 is 1.54 bits per heavy atom. The maximum atomic E-state index is 13.0. The molecule has 2 nitrogen and oxygen atoms in total. The van der Waals surface area contributed by atoms with Crippen molar-refractivity contribution >= 4 is 11.3 Å². The molecule has 0 aromatic carbocycles. The molecular formula is C8H7F2NOS. The van der Waals surface area contributed by atoms with Crippen molar-refractivity contribution < 1.29 is 13.9 Å². The Kier molecular flexibility index (Phi) is 2.96. The minimum Gasteiger partial charge on any atom is -0.396 e. The lowest BCUT2D eigenvalue weighted by Gasteiger charge is -2.11. The second kappa shape index (κ2) is 3.81. The molecule has 0 spiro atoms. The van der Waals surface area contributed by atoms with Crippen molar-refractivity contribution in [2.75, 3.05) is 6.61 Å². The van der Waals surface area contributed by atoms with Gasteiger partial charge in [-0.1, -0.05) is 0 Å². The molecule has 0 unspecified atom stereocenters. The number of aliphatic hydroxyl groups is 1. The topological polar surface area (TPSA) is 44.0 Å². The molecule has 5 heteroatoms. The summed E-state index contributed by atoms with van der Waals surface area (Å²) in [5.74, 6) is -3.02. The lowest BCUT2D eigenvalue weighted by atomic mass is 10.2. The number of nitriles is 1. The SMILES string of the molecule is N#Cc1ccc(C(F)(F)CCO)s1. The normalized spacial score (nSPS) is 11.2. The molecular weight excluding hydrogens is 196 g/mol. The molecule has 13 heavy (non-hydrogen) atoms. The third-order valence-electron chi connectivity index (χ3n) is 1.50. The zero-order valence-electron chi connectivity index (χ0n) is 6.63. The standard InChI is InChI=1S/C8H7F2NOS/c9-8(10,3-4-12)7-2-1-6(5-11)13-7/h1-2,12H,3-4H2. The fraction of sp³-hybridized carbons (Fsp3) is 0.375. The first-order valence-electron chi connectivity index (χ1n) is 3.59. The first-order valence-corrected chi connectivity index (χ1v) is 4.41. The van der Waals surface area contributed by atoms with Gasteiger partial charge < -0.3 is 5.11 Å². The number of aliphatic hydroxyl groups excluding tert-OH is 1. The minimum absolute atomic E-state index is 0.168. The minimum atomic E-state index is -3.02. The fourth-order valence-corrected chi connectivity index (χ4v) is 1.66. The van der Waals surface area contributed by atoms with Gasteiger partial charge in [-0.05, 0) is 12.1 Å². The third-order valence-corrected chi connectivity index (χ3v) is 2.60. The average molecular weight is 203 g/mol. The van der Waals surface area contributed by atoms with E-state index in [4.69, 9.17) is 10.4 Å². The predicted molar refractivity (Wildman–Crippen MR) is 44.6 cm³/mol. The molecule has 1 N–H and O–H groups in total. The molecule has 0 radical (unpaired) electrons. The summed E-state index contributed by atoms with van der Waals surface area (Å²) < 4.78 is 26.1. The van der Waals surface area contributed by atoms with E-state index in [0.717, 1.165) is 11.3 Å². The lowest BCUT2D eigenvalue weighted by molar-refractivity contribution is -0.0234. The quantitative estimate of drug-likeness (QED) is 0.817. The molecule has 70 valence electrons. The van der Waals surface area contributed by atoms with Gasteiger partial charge in [-0.25, -0.2) is 8.78 Å². The van der Waals surface area contributed by atoms with Gasteiger partial charge in [-0.3, -0.25) is 0 Å². The molecule has 0 fully saturated rings. The van der Waals surface area contributed by atoms with Gasteiger partial charge in [0.25, 0.3) is 5.92 Å². The van der Waals surface area contributed by atoms with Crippen LogP contribution in [0.15, 0.2) is 12.1 Å². The van der Waals surface area contributed by atoms with Crippen molar-refractivity contribution in [3.63, 3.8) is 0 Å². The zero-order chi connectivity index (χ0) is 9.90. The highest BCUT2D eigenvalue weighted by molar-refractivity contribution is 7.12. The zero-order valence-corrected chi connectivity index (χ0v) is 7.44. The summed E-state index contributed by atoms with van der Waals surface area (Å²) >= 11 is 0.758. The molecule has 1 heterocycles. The number of rotatable bonds is 3. The number of hydrogen-bond donors (Lipinski definition) is 1. The van der Waals surface area contributed by atoms with Crippen molar-refractivity contribution in [1.29, 1.82) is 5.26 Å². The molecule has 0 bridgehead atoms. The largest absolute Gasteiger partial charge is 0.396 e. The average Bonchev–Trinajstić information content (AvgIpc) is 2.52. The van der Waals surface area contributed by atoms with E-state index >= 15 is 0 Å². The summed E-state index contributed by atoms with van der Waals surface area (Å²) in [6.07, 6.45) is -0.599. The van der Waals surface area contributed by atoms with Gasteiger partial charge in [0, 0.05) is 13.0 Å². The van der Waals surface area contributed by atoms with Crippen molar-refractivity contribution in [3.05, 3.63) is 21.9 Å². The lowest BCUT2D eigenvalue weighted by Crippen LogP contribution is -2.13. The molecule has 0 aliphatic rings. The van der Waals surface area contributed by atoms with Crippen LogP contribution >= 0.6 is 11.3 Å². The van der Waals surface area contributed by atoms with Crippen molar-refractivity contribution in [3.8, 4) is 6.07 Å². The van der Waals surface area contributed by atoms with Crippen LogP contribution in [0.3, 0.4) is 0 Å². The van der Waals surface area contributed by atoms with E-state index in [1.165, 1.54) is 12.1 Å². The molecule has 1 aromatic rings. The van der Waals surface area contributed by atoms with E-state index < -0.39 is 19.0 Å². The van der Waals surface area contributed by atoms with E-state index in [-0.39, 0.29) is 9.75 Å². The van der Waals surface area contributed by atoms with Crippen molar-refractivity contribution in [1.82, 2.24) is 0 Å². The Hall–Kier alpha value is -0.990. The third kappa shape index (κ3) is 2.23. The van der Waals surface area contributed by atoms with Gasteiger partial charge in [0.15, 0.2) is 0 Å². The second-order valence-corrected chi connectivity index (χ2v) is 3.54. The number of thiophene rings is 1. The van der Waals surface area contributed by atoms with Crippen LogP contribution in [-0.2, 0) is 5.92 Å². The monoisotopic (exact) mass is 203 g/mol. The molecule has 0 atom stereocenters. The van der Waals surface area contributed by atoms with Crippen LogP contribution < -0.4 is 0 Å². The Labute approximate surface area is 78.0 Å². The van der Waals surface area contributed by atoms with Crippen molar-refractivity contribution in [2.45, 2.75) is 12.3 Å². The number of halogens is 2. The Morgan fingerprint density at radius 2 is 2.23 bits per heavy atom. The summed E-state index contributed by atoms with van der Waals surface area (Å²) in [5, 5.41) is 16.8. The first kappa shape index (κ1) is 10.1. The van der Waals surface area contributed by atoms with Gasteiger partial charge in [0.2, 0.25) is 0 Å². The smallest absolute Gasteiger partial charge is 0.284 e. The van der Waals surface area contributed by atoms with Crippen LogP contribution in [0.4, 0.5) is 8.78 Å². The summed E-state index contributed by atoms with van der Waals surface area (Å²) in [6, 6.07) is 4.36. The van der Waals surface area contributed by atoms with Crippen LogP contribution in [0.5, 0.6) is 0 Å². The number of alkyl halides is 2. The molecule has 0 saturated heterocycles. The summed E-state index contributed by atoms with van der Waals surface area (Å²) in [5.41, 5.74) is 0. The predicted octanol–water partition coefficient (Wildman–Crippen LogP) is 2.09. The van der Waals surface area contributed by atoms with E-state index in [9.17, 15) is 8.78 Å². The molecule has 0 aliphatic carbocycles. The van der Waals surface area contributed by atoms with E-state index in [1.807, 2.05) is 0 Å². The Balaban J connectivity index is 2.88. The summed E-state index contributed by atoms with van der Waals surface area (Å²) in [4.78, 5) is 0.0886. The van der Waals surface area contributed by atoms with Gasteiger partial charge in [0.1, 0.15) is 10.9 Å². The highest BCUT2D eigenvalue weighted by Gasteiger charge is 2.32. The summed E-state index contributed by atoms with van der Waals surface area (Å²) in [6.45, 7) is -0.563. The number of hydrogen-bond acceptors (Lipinski definition) is 3. The first-order chi connectivity index (χ1) is 6.10.